The Balaban J connectivity index is 0.00000112. The van der Waals surface area contributed by atoms with Gasteiger partial charge >= 0.3 is 5.97 Å². The zero-order valence-corrected chi connectivity index (χ0v) is 13.5. The van der Waals surface area contributed by atoms with E-state index in [-0.39, 0.29) is 12.3 Å². The van der Waals surface area contributed by atoms with E-state index in [1.54, 1.807) is 0 Å². The first-order valence-corrected chi connectivity index (χ1v) is 7.26. The molecule has 0 bridgehead atoms. The highest BCUT2D eigenvalue weighted by molar-refractivity contribution is 6.13. The predicted molar refractivity (Wildman–Crippen MR) is 83.1 cm³/mol. The molecule has 1 atom stereocenters. The van der Waals surface area contributed by atoms with E-state index in [0.717, 1.165) is 18.2 Å². The Morgan fingerprint density at radius 2 is 1.65 bits per heavy atom. The maximum atomic E-state index is 13.0. The van der Waals surface area contributed by atoms with Crippen LogP contribution in [0.5, 0.6) is 0 Å². The average molecular weight is 329 g/mol. The number of carboxylic acids is 1. The molecule has 1 unspecified atom stereocenters. The lowest BCUT2D eigenvalue weighted by molar-refractivity contribution is -0.161. The topological polar surface area (TPSA) is 75.6 Å². The van der Waals surface area contributed by atoms with Crippen molar-refractivity contribution < 1.29 is 28.2 Å². The molecule has 0 saturated carbocycles. The average Bonchev–Trinajstić information content (AvgIpc) is 3.01. The molecule has 1 aromatic rings. The molecular formula is C16H21F2NO4. The van der Waals surface area contributed by atoms with Gasteiger partial charge in [-0.3, -0.25) is 4.79 Å². The summed E-state index contributed by atoms with van der Waals surface area (Å²) in [5, 5.41) is 11.1. The molecule has 0 saturated heterocycles. The molecule has 0 fully saturated rings. The first-order valence-electron chi connectivity index (χ1n) is 7.26. The lowest BCUT2D eigenvalue weighted by Gasteiger charge is -2.20. The van der Waals surface area contributed by atoms with Gasteiger partial charge in [-0.15, -0.1) is 0 Å². The van der Waals surface area contributed by atoms with E-state index in [0.29, 0.717) is 6.07 Å². The molecule has 0 radical (unpaired) electrons. The summed E-state index contributed by atoms with van der Waals surface area (Å²) >= 11 is 0. The van der Waals surface area contributed by atoms with Gasteiger partial charge in [0.25, 0.3) is 11.5 Å². The van der Waals surface area contributed by atoms with Crippen LogP contribution in [0.3, 0.4) is 0 Å². The molecule has 0 aliphatic carbocycles. The fourth-order valence-corrected chi connectivity index (χ4v) is 1.66. The van der Waals surface area contributed by atoms with E-state index >= 15 is 0 Å². The number of hydrogen-bond donors (Lipinski definition) is 2. The number of benzene rings is 1. The number of carboxylic acid groups (broad SMARTS) is 1. The Bertz CT molecular complexity index is 555. The zero-order chi connectivity index (χ0) is 18.0. The number of halogens is 2. The second-order valence-corrected chi connectivity index (χ2v) is 3.87. The molecule has 2 rings (SSSR count). The van der Waals surface area contributed by atoms with Crippen LogP contribution in [0, 0.1) is 11.6 Å². The minimum atomic E-state index is -2.16. The molecule has 1 heterocycles. The van der Waals surface area contributed by atoms with Gasteiger partial charge in [0, 0.05) is 11.8 Å². The van der Waals surface area contributed by atoms with E-state index in [9.17, 15) is 18.4 Å². The smallest absolute Gasteiger partial charge is 0.350 e. The van der Waals surface area contributed by atoms with Crippen molar-refractivity contribution >= 4 is 17.6 Å². The van der Waals surface area contributed by atoms with Crippen LogP contribution in [0.15, 0.2) is 30.4 Å². The first kappa shape index (κ1) is 20.7. The van der Waals surface area contributed by atoms with Crippen LogP contribution in [-0.2, 0) is 14.3 Å². The summed E-state index contributed by atoms with van der Waals surface area (Å²) < 4.78 is 30.8. The SMILES string of the molecule is CC.CC.O=C(O)C1(C(=O)Nc2cc(F)cc(F)c2)C=CCO1. The summed E-state index contributed by atoms with van der Waals surface area (Å²) in [4.78, 5) is 23.0. The van der Waals surface area contributed by atoms with Crippen molar-refractivity contribution in [3.63, 3.8) is 0 Å². The van der Waals surface area contributed by atoms with Crippen LogP contribution in [0.25, 0.3) is 0 Å². The van der Waals surface area contributed by atoms with Gasteiger partial charge in [0.1, 0.15) is 11.6 Å². The number of carbonyl (C=O) groups is 2. The number of anilines is 1. The Labute approximate surface area is 134 Å². The van der Waals surface area contributed by atoms with Crippen LogP contribution < -0.4 is 5.32 Å². The Kier molecular flexibility index (Phi) is 8.72. The molecule has 1 aliphatic heterocycles. The van der Waals surface area contributed by atoms with Crippen LogP contribution >= 0.6 is 0 Å². The molecule has 1 aromatic carbocycles. The third-order valence-electron chi connectivity index (χ3n) is 2.54. The van der Waals surface area contributed by atoms with Crippen LogP contribution in [0.4, 0.5) is 14.5 Å². The Morgan fingerprint density at radius 1 is 1.13 bits per heavy atom. The van der Waals surface area contributed by atoms with Crippen LogP contribution in [-0.4, -0.2) is 29.2 Å². The van der Waals surface area contributed by atoms with Gasteiger partial charge in [-0.1, -0.05) is 33.8 Å². The minimum Gasteiger partial charge on any atom is -0.478 e. The van der Waals surface area contributed by atoms with Gasteiger partial charge < -0.3 is 15.2 Å². The number of amides is 1. The van der Waals surface area contributed by atoms with Gasteiger partial charge in [0.15, 0.2) is 0 Å². The van der Waals surface area contributed by atoms with Crippen LogP contribution in [0.2, 0.25) is 0 Å². The van der Waals surface area contributed by atoms with Gasteiger partial charge in [-0.05, 0) is 18.2 Å². The summed E-state index contributed by atoms with van der Waals surface area (Å²) in [5.41, 5.74) is -2.35. The molecule has 1 amide bonds. The minimum absolute atomic E-state index is 0.0305. The lowest BCUT2D eigenvalue weighted by atomic mass is 10.0. The fraction of sp³-hybridized carbons (Fsp3) is 0.375. The standard InChI is InChI=1S/C12H9F2NO4.2C2H6/c13-7-4-8(14)6-9(5-7)15-10(16)12(11(17)18)2-1-3-19-12;2*1-2/h1-2,4-6H,3H2,(H,15,16)(H,17,18);2*1-2H3. The molecule has 5 nitrogen and oxygen atoms in total. The van der Waals surface area contributed by atoms with Crippen molar-refractivity contribution in [2.24, 2.45) is 0 Å². The van der Waals surface area contributed by atoms with E-state index in [4.69, 9.17) is 9.84 Å². The summed E-state index contributed by atoms with van der Waals surface area (Å²) in [7, 11) is 0. The largest absolute Gasteiger partial charge is 0.478 e. The maximum Gasteiger partial charge on any atom is 0.350 e. The fourth-order valence-electron chi connectivity index (χ4n) is 1.66. The number of ether oxygens (including phenoxy) is 1. The predicted octanol–water partition coefficient (Wildman–Crippen LogP) is 3.37. The zero-order valence-electron chi connectivity index (χ0n) is 13.5. The van der Waals surface area contributed by atoms with Gasteiger partial charge in [0.2, 0.25) is 0 Å². The number of aliphatic carboxylic acids is 1. The molecule has 7 heteroatoms. The molecule has 23 heavy (non-hydrogen) atoms. The number of rotatable bonds is 3. The van der Waals surface area contributed by atoms with E-state index in [2.05, 4.69) is 5.32 Å². The maximum absolute atomic E-state index is 13.0. The third kappa shape index (κ3) is 5.14. The molecule has 1 aliphatic rings. The Hall–Kier alpha value is -2.28. The normalized spacial score (nSPS) is 18.2. The molecule has 0 aromatic heterocycles. The second-order valence-electron chi connectivity index (χ2n) is 3.87. The molecule has 128 valence electrons. The van der Waals surface area contributed by atoms with Crippen molar-refractivity contribution in [1.29, 1.82) is 0 Å². The van der Waals surface area contributed by atoms with Crippen molar-refractivity contribution in [3.8, 4) is 0 Å². The van der Waals surface area contributed by atoms with Gasteiger partial charge in [0.05, 0.1) is 6.61 Å². The molecular weight excluding hydrogens is 308 g/mol. The van der Waals surface area contributed by atoms with E-state index in [1.165, 1.54) is 6.08 Å². The summed E-state index contributed by atoms with van der Waals surface area (Å²) in [6.07, 6.45) is 2.46. The first-order chi connectivity index (χ1) is 10.9. The van der Waals surface area contributed by atoms with Crippen molar-refractivity contribution in [2.45, 2.75) is 33.3 Å². The second kappa shape index (κ2) is 9.68. The quantitative estimate of drug-likeness (QED) is 0.658. The van der Waals surface area contributed by atoms with Crippen LogP contribution in [0.1, 0.15) is 27.7 Å². The van der Waals surface area contributed by atoms with Crippen molar-refractivity contribution in [3.05, 3.63) is 42.0 Å². The summed E-state index contributed by atoms with van der Waals surface area (Å²) in [6.45, 7) is 7.97. The third-order valence-corrected chi connectivity index (χ3v) is 2.54. The van der Waals surface area contributed by atoms with Gasteiger partial charge in [-0.25, -0.2) is 13.6 Å². The Morgan fingerprint density at radius 3 is 2.04 bits per heavy atom. The highest BCUT2D eigenvalue weighted by atomic mass is 19.1. The van der Waals surface area contributed by atoms with E-state index in [1.807, 2.05) is 27.7 Å². The number of carbonyl (C=O) groups excluding carboxylic acids is 1. The molecule has 2 N–H and O–H groups in total. The monoisotopic (exact) mass is 329 g/mol. The number of nitrogens with one attached hydrogen (secondary N) is 1. The van der Waals surface area contributed by atoms with Crippen molar-refractivity contribution in [1.82, 2.24) is 0 Å². The molecule has 0 spiro atoms. The van der Waals surface area contributed by atoms with Crippen molar-refractivity contribution in [2.75, 3.05) is 11.9 Å². The van der Waals surface area contributed by atoms with E-state index < -0.39 is 29.1 Å². The highest BCUT2D eigenvalue weighted by Crippen LogP contribution is 2.23. The number of hydrogen-bond acceptors (Lipinski definition) is 3. The highest BCUT2D eigenvalue weighted by Gasteiger charge is 2.47. The lowest BCUT2D eigenvalue weighted by Crippen LogP contribution is -2.48. The summed E-state index contributed by atoms with van der Waals surface area (Å²) in [6, 6.07) is 2.37. The van der Waals surface area contributed by atoms with Gasteiger partial charge in [-0.2, -0.15) is 0 Å². The summed E-state index contributed by atoms with van der Waals surface area (Å²) in [5.74, 6) is -4.31.